The van der Waals surface area contributed by atoms with E-state index < -0.39 is 0 Å². The summed E-state index contributed by atoms with van der Waals surface area (Å²) in [5.41, 5.74) is 2.29. The zero-order valence-electron chi connectivity index (χ0n) is 13.2. The summed E-state index contributed by atoms with van der Waals surface area (Å²) >= 11 is 5.91. The molecule has 2 aromatic heterocycles. The Morgan fingerprint density at radius 1 is 1.25 bits per heavy atom. The second kappa shape index (κ2) is 6.45. The van der Waals surface area contributed by atoms with Crippen LogP contribution in [0.3, 0.4) is 0 Å². The van der Waals surface area contributed by atoms with Crippen molar-refractivity contribution in [3.05, 3.63) is 74.8 Å². The van der Waals surface area contributed by atoms with Crippen LogP contribution in [0.15, 0.2) is 47.4 Å². The highest BCUT2D eigenvalue weighted by Gasteiger charge is 2.10. The number of fused-ring (bicyclic) bond motifs is 1. The van der Waals surface area contributed by atoms with Crippen molar-refractivity contribution in [1.82, 2.24) is 9.38 Å². The first kappa shape index (κ1) is 16.2. The van der Waals surface area contributed by atoms with Gasteiger partial charge in [-0.15, -0.1) is 0 Å². The molecule has 0 saturated heterocycles. The Morgan fingerprint density at radius 2 is 2.04 bits per heavy atom. The predicted octanol–water partition coefficient (Wildman–Crippen LogP) is 3.44. The highest BCUT2D eigenvalue weighted by atomic mass is 35.5. The smallest absolute Gasteiger partial charge is 0.258 e. The fourth-order valence-corrected chi connectivity index (χ4v) is 2.55. The number of ether oxygens (including phenoxy) is 1. The number of hydrogen-bond donors (Lipinski definition) is 0. The Hall–Kier alpha value is -2.66. The number of benzene rings is 1. The molecule has 0 unspecified atom stereocenters. The van der Waals surface area contributed by atoms with Gasteiger partial charge in [-0.3, -0.25) is 14.0 Å². The van der Waals surface area contributed by atoms with E-state index >= 15 is 0 Å². The van der Waals surface area contributed by atoms with E-state index in [0.29, 0.717) is 27.7 Å². The molecule has 1 aromatic carbocycles. The zero-order chi connectivity index (χ0) is 17.3. The van der Waals surface area contributed by atoms with Crippen molar-refractivity contribution in [3.63, 3.8) is 0 Å². The van der Waals surface area contributed by atoms with E-state index in [1.807, 2.05) is 19.1 Å². The van der Waals surface area contributed by atoms with Gasteiger partial charge in [-0.1, -0.05) is 11.6 Å². The Balaban J connectivity index is 1.91. The van der Waals surface area contributed by atoms with Gasteiger partial charge in [0.15, 0.2) is 5.78 Å². The van der Waals surface area contributed by atoms with Crippen molar-refractivity contribution in [1.29, 1.82) is 0 Å². The Labute approximate surface area is 143 Å². The van der Waals surface area contributed by atoms with Crippen LogP contribution in [0.4, 0.5) is 0 Å². The van der Waals surface area contributed by atoms with E-state index in [1.54, 1.807) is 24.4 Å². The van der Waals surface area contributed by atoms with E-state index in [2.05, 4.69) is 4.98 Å². The van der Waals surface area contributed by atoms with Crippen molar-refractivity contribution in [2.75, 3.05) is 0 Å². The van der Waals surface area contributed by atoms with Crippen molar-refractivity contribution < 1.29 is 9.53 Å². The SMILES string of the molecule is CC(=O)c1cc(Cl)ccc1OCc1cc(=O)n2ccc(C)cc2n1. The van der Waals surface area contributed by atoms with Crippen molar-refractivity contribution in [2.45, 2.75) is 20.5 Å². The van der Waals surface area contributed by atoms with Gasteiger partial charge in [-0.2, -0.15) is 0 Å². The van der Waals surface area contributed by atoms with Crippen LogP contribution in [0.2, 0.25) is 5.02 Å². The molecule has 3 rings (SSSR count). The molecule has 0 spiro atoms. The van der Waals surface area contributed by atoms with E-state index in [9.17, 15) is 9.59 Å². The number of hydrogen-bond acceptors (Lipinski definition) is 4. The monoisotopic (exact) mass is 342 g/mol. The summed E-state index contributed by atoms with van der Waals surface area (Å²) in [6, 6.07) is 9.94. The van der Waals surface area contributed by atoms with Gasteiger partial charge in [0.1, 0.15) is 18.0 Å². The number of aromatic nitrogens is 2. The second-order valence-electron chi connectivity index (χ2n) is 5.50. The van der Waals surface area contributed by atoms with Crippen LogP contribution < -0.4 is 10.3 Å². The number of carbonyl (C=O) groups excluding carboxylic acids is 1. The average Bonchev–Trinajstić information content (AvgIpc) is 2.53. The summed E-state index contributed by atoms with van der Waals surface area (Å²) in [4.78, 5) is 28.3. The molecule has 0 fully saturated rings. The highest BCUT2D eigenvalue weighted by molar-refractivity contribution is 6.31. The fourth-order valence-electron chi connectivity index (χ4n) is 2.38. The summed E-state index contributed by atoms with van der Waals surface area (Å²) in [7, 11) is 0. The predicted molar refractivity (Wildman–Crippen MR) is 92.0 cm³/mol. The molecule has 122 valence electrons. The molecule has 0 amide bonds. The molecule has 0 aliphatic carbocycles. The standard InChI is InChI=1S/C18H15ClN2O3/c1-11-5-6-21-17(7-11)20-14(9-18(21)23)10-24-16-4-3-13(19)8-15(16)12(2)22/h3-9H,10H2,1-2H3. The van der Waals surface area contributed by atoms with Crippen molar-refractivity contribution in [2.24, 2.45) is 0 Å². The van der Waals surface area contributed by atoms with Crippen LogP contribution in [0.25, 0.3) is 5.65 Å². The lowest BCUT2D eigenvalue weighted by Gasteiger charge is -2.10. The van der Waals surface area contributed by atoms with Gasteiger partial charge in [0.05, 0.1) is 11.3 Å². The highest BCUT2D eigenvalue weighted by Crippen LogP contribution is 2.24. The first-order valence-electron chi connectivity index (χ1n) is 7.36. The van der Waals surface area contributed by atoms with Crippen LogP contribution in [-0.4, -0.2) is 15.2 Å². The maximum absolute atomic E-state index is 12.1. The van der Waals surface area contributed by atoms with Gasteiger partial charge in [0.25, 0.3) is 5.56 Å². The average molecular weight is 343 g/mol. The zero-order valence-corrected chi connectivity index (χ0v) is 14.0. The summed E-state index contributed by atoms with van der Waals surface area (Å²) < 4.78 is 7.16. The Kier molecular flexibility index (Phi) is 4.36. The molecule has 24 heavy (non-hydrogen) atoms. The van der Waals surface area contributed by atoms with Crippen LogP contribution in [0, 0.1) is 6.92 Å². The minimum absolute atomic E-state index is 0.0849. The topological polar surface area (TPSA) is 60.7 Å². The van der Waals surface area contributed by atoms with Gasteiger partial charge in [0, 0.05) is 17.3 Å². The molecule has 0 aliphatic heterocycles. The molecule has 0 N–H and O–H groups in total. The number of nitrogens with zero attached hydrogens (tertiary/aromatic N) is 2. The van der Waals surface area contributed by atoms with E-state index in [1.165, 1.54) is 17.4 Å². The summed E-state index contributed by atoms with van der Waals surface area (Å²) in [5.74, 6) is 0.271. The van der Waals surface area contributed by atoms with Gasteiger partial charge in [-0.25, -0.2) is 4.98 Å². The van der Waals surface area contributed by atoms with Crippen LogP contribution in [0.1, 0.15) is 28.5 Å². The Morgan fingerprint density at radius 3 is 2.79 bits per heavy atom. The number of halogens is 1. The molecule has 0 bridgehead atoms. The van der Waals surface area contributed by atoms with Crippen molar-refractivity contribution >= 4 is 23.0 Å². The molecular weight excluding hydrogens is 328 g/mol. The first-order valence-corrected chi connectivity index (χ1v) is 7.74. The quantitative estimate of drug-likeness (QED) is 0.681. The van der Waals surface area contributed by atoms with Gasteiger partial charge in [0.2, 0.25) is 0 Å². The van der Waals surface area contributed by atoms with Gasteiger partial charge >= 0.3 is 0 Å². The lowest BCUT2D eigenvalue weighted by atomic mass is 10.1. The molecule has 3 aromatic rings. The van der Waals surface area contributed by atoms with Gasteiger partial charge < -0.3 is 4.74 Å². The third kappa shape index (κ3) is 3.31. The van der Waals surface area contributed by atoms with Crippen LogP contribution in [0.5, 0.6) is 5.75 Å². The maximum Gasteiger partial charge on any atom is 0.258 e. The van der Waals surface area contributed by atoms with Gasteiger partial charge in [-0.05, 0) is 49.7 Å². The van der Waals surface area contributed by atoms with Crippen LogP contribution in [-0.2, 0) is 6.61 Å². The number of pyridine rings is 1. The van der Waals surface area contributed by atoms with Crippen LogP contribution >= 0.6 is 11.6 Å². The number of rotatable bonds is 4. The maximum atomic E-state index is 12.1. The second-order valence-corrected chi connectivity index (χ2v) is 5.94. The third-order valence-electron chi connectivity index (χ3n) is 3.57. The molecule has 6 heteroatoms. The molecule has 0 saturated carbocycles. The van der Waals surface area contributed by atoms with E-state index in [0.717, 1.165) is 5.56 Å². The minimum Gasteiger partial charge on any atom is -0.487 e. The lowest BCUT2D eigenvalue weighted by Crippen LogP contribution is -2.16. The number of ketones is 1. The van der Waals surface area contributed by atoms with E-state index in [-0.39, 0.29) is 17.9 Å². The molecule has 0 aliphatic rings. The largest absolute Gasteiger partial charge is 0.487 e. The number of aryl methyl sites for hydroxylation is 1. The number of Topliss-reactive ketones (excluding diaryl/α,β-unsaturated/α-hetero) is 1. The molecular formula is C18H15ClN2O3. The summed E-state index contributed by atoms with van der Waals surface area (Å²) in [6.07, 6.45) is 1.69. The fraction of sp³-hybridized carbons (Fsp3) is 0.167. The van der Waals surface area contributed by atoms with E-state index in [4.69, 9.17) is 16.3 Å². The normalized spacial score (nSPS) is 10.8. The number of carbonyl (C=O) groups is 1. The third-order valence-corrected chi connectivity index (χ3v) is 3.81. The van der Waals surface area contributed by atoms with Crippen molar-refractivity contribution in [3.8, 4) is 5.75 Å². The summed E-state index contributed by atoms with van der Waals surface area (Å²) in [6.45, 7) is 3.46. The lowest BCUT2D eigenvalue weighted by molar-refractivity contribution is 0.101. The molecule has 5 nitrogen and oxygen atoms in total. The Bertz CT molecular complexity index is 995. The molecule has 0 radical (unpaired) electrons. The first-order chi connectivity index (χ1) is 11.4. The molecule has 2 heterocycles. The minimum atomic E-state index is -0.179. The summed E-state index contributed by atoms with van der Waals surface area (Å²) in [5, 5.41) is 0.463. The molecule has 0 atom stereocenters.